The number of nitrogens with zero attached hydrogens (tertiary/aromatic N) is 4. The predicted octanol–water partition coefficient (Wildman–Crippen LogP) is 4.70. The molecule has 0 radical (unpaired) electrons. The monoisotopic (exact) mass is 428 g/mol. The van der Waals surface area contributed by atoms with E-state index >= 15 is 0 Å². The van der Waals surface area contributed by atoms with Crippen LogP contribution in [0.4, 0.5) is 0 Å². The van der Waals surface area contributed by atoms with Crippen LogP contribution in [-0.2, 0) is 23.1 Å². The van der Waals surface area contributed by atoms with Gasteiger partial charge in [0.15, 0.2) is 11.5 Å². The first-order valence-corrected chi connectivity index (χ1v) is 10.8. The maximum atomic E-state index is 12.7. The standard InChI is InChI=1S/C25H24N4O3/c1-14-12-31-22(27-14)19-21-25(13-26)10-9-16-7-5-15(11-17(16)25)6-8-18(30)28-20(24(2,3)4)23(29-19)32-21/h5,7,11-12H,6,8-10H2,1-4H3/t25-/m1/s1. The molecule has 0 saturated heterocycles. The SMILES string of the molecule is Cc1coc(-c2nc3oc2[C@@]2(C#N)CCc4ccc(cc42)CCC(=O)N=C3C(C)(C)C)n1. The highest BCUT2D eigenvalue weighted by molar-refractivity contribution is 6.07. The van der Waals surface area contributed by atoms with E-state index in [0.717, 1.165) is 23.1 Å². The number of oxazole rings is 2. The van der Waals surface area contributed by atoms with Crippen LogP contribution in [0, 0.1) is 23.7 Å². The van der Waals surface area contributed by atoms with E-state index in [9.17, 15) is 10.1 Å². The Morgan fingerprint density at radius 2 is 1.94 bits per heavy atom. The first-order chi connectivity index (χ1) is 15.2. The molecule has 162 valence electrons. The summed E-state index contributed by atoms with van der Waals surface area (Å²) in [6.07, 6.45) is 3.71. The molecule has 0 saturated carbocycles. The van der Waals surface area contributed by atoms with Gasteiger partial charge in [0.25, 0.3) is 0 Å². The van der Waals surface area contributed by atoms with Crippen molar-refractivity contribution in [3.63, 3.8) is 0 Å². The minimum Gasteiger partial charge on any atom is -0.443 e. The number of aromatic nitrogens is 2. The van der Waals surface area contributed by atoms with Gasteiger partial charge in [0, 0.05) is 11.8 Å². The number of fused-ring (bicyclic) bond motifs is 4. The van der Waals surface area contributed by atoms with Crippen LogP contribution in [0.2, 0.25) is 0 Å². The van der Waals surface area contributed by atoms with E-state index in [1.165, 1.54) is 0 Å². The molecule has 1 aliphatic carbocycles. The lowest BCUT2D eigenvalue weighted by Gasteiger charge is -2.22. The Morgan fingerprint density at radius 3 is 2.62 bits per heavy atom. The van der Waals surface area contributed by atoms with Crippen molar-refractivity contribution in [1.82, 2.24) is 9.97 Å². The molecule has 3 heterocycles. The third-order valence-corrected chi connectivity index (χ3v) is 6.21. The van der Waals surface area contributed by atoms with Gasteiger partial charge < -0.3 is 8.83 Å². The average molecular weight is 428 g/mol. The molecule has 2 aromatic heterocycles. The van der Waals surface area contributed by atoms with Crippen molar-refractivity contribution in [3.05, 3.63) is 58.5 Å². The lowest BCUT2D eigenvalue weighted by atomic mass is 9.79. The first kappa shape index (κ1) is 20.4. The molecular formula is C25H24N4O3. The molecule has 7 heteroatoms. The van der Waals surface area contributed by atoms with Gasteiger partial charge in [-0.15, -0.1) is 0 Å². The van der Waals surface area contributed by atoms with Crippen molar-refractivity contribution in [3.8, 4) is 17.7 Å². The van der Waals surface area contributed by atoms with Crippen molar-refractivity contribution >= 4 is 11.6 Å². The Kier molecular flexibility index (Phi) is 4.45. The normalized spacial score (nSPS) is 20.3. The summed E-state index contributed by atoms with van der Waals surface area (Å²) in [5.41, 5.74) is 3.04. The summed E-state index contributed by atoms with van der Waals surface area (Å²) in [6.45, 7) is 7.70. The van der Waals surface area contributed by atoms with Gasteiger partial charge in [-0.2, -0.15) is 5.26 Å². The molecule has 32 heavy (non-hydrogen) atoms. The molecule has 3 aromatic rings. The van der Waals surface area contributed by atoms with Crippen LogP contribution in [0.3, 0.4) is 0 Å². The number of benzene rings is 1. The fourth-order valence-corrected chi connectivity index (χ4v) is 4.54. The molecule has 1 aromatic carbocycles. The van der Waals surface area contributed by atoms with Crippen LogP contribution in [0.25, 0.3) is 11.6 Å². The van der Waals surface area contributed by atoms with E-state index < -0.39 is 10.8 Å². The number of carbonyl (C=O) groups is 1. The summed E-state index contributed by atoms with van der Waals surface area (Å²) < 4.78 is 12.0. The topological polar surface area (TPSA) is 105 Å². The molecule has 0 spiro atoms. The largest absolute Gasteiger partial charge is 0.443 e. The summed E-state index contributed by atoms with van der Waals surface area (Å²) in [5.74, 6) is 0.696. The van der Waals surface area contributed by atoms with Gasteiger partial charge in [-0.05, 0) is 42.9 Å². The molecule has 1 amide bonds. The third kappa shape index (κ3) is 3.10. The number of rotatable bonds is 1. The van der Waals surface area contributed by atoms with Crippen molar-refractivity contribution in [1.29, 1.82) is 5.26 Å². The summed E-state index contributed by atoms with van der Waals surface area (Å²) in [4.78, 5) is 26.3. The van der Waals surface area contributed by atoms with Crippen LogP contribution in [0.1, 0.15) is 67.6 Å². The average Bonchev–Trinajstić information content (AvgIpc) is 3.45. The molecule has 4 bridgehead atoms. The Hall–Kier alpha value is -3.53. The number of amides is 1. The fraction of sp³-hybridized carbons (Fsp3) is 0.400. The zero-order valence-corrected chi connectivity index (χ0v) is 18.7. The predicted molar refractivity (Wildman–Crippen MR) is 117 cm³/mol. The molecule has 5 rings (SSSR count). The highest BCUT2D eigenvalue weighted by Gasteiger charge is 2.48. The third-order valence-electron chi connectivity index (χ3n) is 6.21. The zero-order chi connectivity index (χ0) is 22.7. The molecule has 7 nitrogen and oxygen atoms in total. The second-order valence-corrected chi connectivity index (χ2v) is 9.60. The maximum Gasteiger partial charge on any atom is 0.249 e. The van der Waals surface area contributed by atoms with Crippen LogP contribution in [0.15, 0.2) is 38.3 Å². The second-order valence-electron chi connectivity index (χ2n) is 9.60. The minimum absolute atomic E-state index is 0.226. The Labute approximate surface area is 186 Å². The number of hydrogen-bond acceptors (Lipinski definition) is 6. The zero-order valence-electron chi connectivity index (χ0n) is 18.7. The van der Waals surface area contributed by atoms with E-state index in [2.05, 4.69) is 22.1 Å². The Balaban J connectivity index is 1.86. The Morgan fingerprint density at radius 1 is 1.12 bits per heavy atom. The Bertz CT molecular complexity index is 1320. The summed E-state index contributed by atoms with van der Waals surface area (Å²) in [5, 5.41) is 10.5. The van der Waals surface area contributed by atoms with Gasteiger partial charge in [-0.3, -0.25) is 4.79 Å². The van der Waals surface area contributed by atoms with Crippen LogP contribution < -0.4 is 0 Å². The lowest BCUT2D eigenvalue weighted by Crippen LogP contribution is -2.25. The van der Waals surface area contributed by atoms with E-state index in [-0.39, 0.29) is 18.2 Å². The first-order valence-electron chi connectivity index (χ1n) is 10.8. The van der Waals surface area contributed by atoms with Gasteiger partial charge in [0.05, 0.1) is 11.8 Å². The number of hydrogen-bond donors (Lipinski definition) is 0. The van der Waals surface area contributed by atoms with Crippen molar-refractivity contribution < 1.29 is 13.6 Å². The molecular weight excluding hydrogens is 404 g/mol. The second kappa shape index (κ2) is 6.99. The van der Waals surface area contributed by atoms with Gasteiger partial charge in [-0.25, -0.2) is 15.0 Å². The van der Waals surface area contributed by atoms with Gasteiger partial charge in [-0.1, -0.05) is 39.0 Å². The maximum absolute atomic E-state index is 12.7. The smallest absolute Gasteiger partial charge is 0.249 e. The molecule has 0 unspecified atom stereocenters. The van der Waals surface area contributed by atoms with E-state index in [4.69, 9.17) is 13.8 Å². The number of carbonyl (C=O) groups excluding carboxylic acids is 1. The summed E-state index contributed by atoms with van der Waals surface area (Å²) >= 11 is 0. The highest BCUT2D eigenvalue weighted by Crippen LogP contribution is 2.48. The van der Waals surface area contributed by atoms with Crippen molar-refractivity contribution in [2.75, 3.05) is 0 Å². The number of nitriles is 1. The fourth-order valence-electron chi connectivity index (χ4n) is 4.54. The summed E-state index contributed by atoms with van der Waals surface area (Å²) in [7, 11) is 0. The molecule has 0 fully saturated rings. The molecule has 1 atom stereocenters. The van der Waals surface area contributed by atoms with Crippen LogP contribution in [0.5, 0.6) is 0 Å². The van der Waals surface area contributed by atoms with Crippen LogP contribution >= 0.6 is 0 Å². The van der Waals surface area contributed by atoms with Gasteiger partial charge in [0.2, 0.25) is 17.7 Å². The van der Waals surface area contributed by atoms with E-state index in [1.807, 2.05) is 39.8 Å². The highest BCUT2D eigenvalue weighted by atomic mass is 16.4. The van der Waals surface area contributed by atoms with E-state index in [0.29, 0.717) is 41.6 Å². The van der Waals surface area contributed by atoms with Crippen LogP contribution in [-0.4, -0.2) is 21.6 Å². The van der Waals surface area contributed by atoms with Crippen molar-refractivity contribution in [2.24, 2.45) is 10.4 Å². The number of aryl methyl sites for hydroxylation is 3. The van der Waals surface area contributed by atoms with Gasteiger partial charge >= 0.3 is 0 Å². The lowest BCUT2D eigenvalue weighted by molar-refractivity contribution is -0.117. The summed E-state index contributed by atoms with van der Waals surface area (Å²) in [6, 6.07) is 8.66. The van der Waals surface area contributed by atoms with Gasteiger partial charge in [0.1, 0.15) is 17.4 Å². The quantitative estimate of drug-likeness (QED) is 0.556. The molecule has 1 aliphatic heterocycles. The number of aliphatic imine (C=N–C) groups is 1. The minimum atomic E-state index is -1.01. The molecule has 0 N–H and O–H groups in total. The van der Waals surface area contributed by atoms with E-state index in [1.54, 1.807) is 6.26 Å². The van der Waals surface area contributed by atoms with Crippen molar-refractivity contribution in [2.45, 2.75) is 58.8 Å². The molecule has 2 aliphatic rings.